The summed E-state index contributed by atoms with van der Waals surface area (Å²) < 4.78 is 5.18. The van der Waals surface area contributed by atoms with Gasteiger partial charge < -0.3 is 8.97 Å². The van der Waals surface area contributed by atoms with Crippen LogP contribution in [-0.2, 0) is 0 Å². The maximum Gasteiger partial charge on any atom is 0.0627 e. The van der Waals surface area contributed by atoms with Gasteiger partial charge in [-0.1, -0.05) is 128 Å². The van der Waals surface area contributed by atoms with Gasteiger partial charge in [0.15, 0.2) is 0 Å². The van der Waals surface area contributed by atoms with Gasteiger partial charge >= 0.3 is 0 Å². The lowest BCUT2D eigenvalue weighted by molar-refractivity contribution is 0.763. The van der Waals surface area contributed by atoms with Crippen LogP contribution >= 0.6 is 0 Å². The van der Waals surface area contributed by atoms with Gasteiger partial charge in [0.1, 0.15) is 0 Å². The summed E-state index contributed by atoms with van der Waals surface area (Å²) in [7, 11) is 0. The molecule has 0 saturated carbocycles. The number of para-hydroxylation sites is 2. The van der Waals surface area contributed by atoms with Crippen LogP contribution in [0.15, 0.2) is 146 Å². The van der Waals surface area contributed by atoms with Crippen LogP contribution in [0, 0.1) is 5.92 Å². The van der Waals surface area contributed by atoms with Crippen LogP contribution in [0.5, 0.6) is 0 Å². The van der Waals surface area contributed by atoms with Crippen molar-refractivity contribution in [2.75, 3.05) is 0 Å². The average molecular weight is 647 g/mol. The molecule has 11 aromatic rings. The molecule has 0 radical (unpaired) electrons. The van der Waals surface area contributed by atoms with Gasteiger partial charge in [-0.15, -0.1) is 0 Å². The molecule has 0 bridgehead atoms. The summed E-state index contributed by atoms with van der Waals surface area (Å²) in [6.45, 7) is 2.38. The molecule has 2 aliphatic carbocycles. The lowest BCUT2D eigenvalue weighted by Gasteiger charge is -2.19. The molecule has 0 aliphatic heterocycles. The Morgan fingerprint density at radius 3 is 2.04 bits per heavy atom. The summed E-state index contributed by atoms with van der Waals surface area (Å²) in [6, 6.07) is 50.5. The van der Waals surface area contributed by atoms with E-state index in [-0.39, 0.29) is 0 Å². The number of hydrogen-bond donors (Lipinski definition) is 0. The molecular weight excluding hydrogens is 617 g/mol. The van der Waals surface area contributed by atoms with Gasteiger partial charge in [-0.25, -0.2) is 0 Å². The van der Waals surface area contributed by atoms with Gasteiger partial charge in [-0.2, -0.15) is 0 Å². The fourth-order valence-electron chi connectivity index (χ4n) is 10.4. The Kier molecular flexibility index (Phi) is 4.69. The van der Waals surface area contributed by atoms with E-state index in [0.717, 1.165) is 6.42 Å². The van der Waals surface area contributed by atoms with Crippen LogP contribution in [-0.4, -0.2) is 8.97 Å². The summed E-state index contributed by atoms with van der Waals surface area (Å²) in [5.74, 6) is 0.508. The molecule has 2 aliphatic rings. The van der Waals surface area contributed by atoms with E-state index in [1.807, 2.05) is 0 Å². The Labute approximate surface area is 293 Å². The third-order valence-corrected chi connectivity index (χ3v) is 12.3. The Morgan fingerprint density at radius 1 is 0.490 bits per heavy atom. The summed E-state index contributed by atoms with van der Waals surface area (Å²) in [5, 5.41) is 15.7. The molecule has 51 heavy (non-hydrogen) atoms. The van der Waals surface area contributed by atoms with E-state index in [1.165, 1.54) is 120 Å². The van der Waals surface area contributed by atoms with Crippen LogP contribution in [0.1, 0.15) is 24.5 Å². The quantitative estimate of drug-likeness (QED) is 0.168. The van der Waals surface area contributed by atoms with Gasteiger partial charge in [0, 0.05) is 48.5 Å². The SMILES string of the molecule is CC1CC=CC2=C1c1ccc(-n3c4cc5ccccc5cc4c4c5c6cccc7c8ccccc8n(c76)c5c5ccccc5c43)c3cccc2c13. The maximum absolute atomic E-state index is 2.62. The smallest absolute Gasteiger partial charge is 0.0627 e. The molecule has 0 amide bonds. The van der Waals surface area contributed by atoms with Crippen molar-refractivity contribution in [1.29, 1.82) is 0 Å². The molecule has 3 heterocycles. The van der Waals surface area contributed by atoms with Crippen LogP contribution < -0.4 is 0 Å². The molecule has 8 aromatic carbocycles. The summed E-state index contributed by atoms with van der Waals surface area (Å²) >= 11 is 0. The first-order valence-corrected chi connectivity index (χ1v) is 18.2. The second-order valence-corrected chi connectivity index (χ2v) is 14.8. The lowest BCUT2D eigenvalue weighted by Crippen LogP contribution is -2.01. The van der Waals surface area contributed by atoms with Crippen molar-refractivity contribution < 1.29 is 0 Å². The first-order chi connectivity index (χ1) is 25.3. The topological polar surface area (TPSA) is 9.34 Å². The Balaban J connectivity index is 1.30. The minimum absolute atomic E-state index is 0.508. The normalized spacial score (nSPS) is 15.9. The van der Waals surface area contributed by atoms with E-state index in [2.05, 4.69) is 162 Å². The molecule has 2 heteroatoms. The molecule has 0 saturated heterocycles. The molecule has 0 fully saturated rings. The van der Waals surface area contributed by atoms with Gasteiger partial charge in [0.25, 0.3) is 0 Å². The van der Waals surface area contributed by atoms with E-state index in [0.29, 0.717) is 5.92 Å². The number of fused-ring (bicyclic) bond motifs is 16. The zero-order valence-corrected chi connectivity index (χ0v) is 28.0. The van der Waals surface area contributed by atoms with Gasteiger partial charge in [-0.3, -0.25) is 0 Å². The highest BCUT2D eigenvalue weighted by molar-refractivity contribution is 6.40. The van der Waals surface area contributed by atoms with Gasteiger partial charge in [0.05, 0.1) is 33.3 Å². The van der Waals surface area contributed by atoms with Crippen LogP contribution in [0.4, 0.5) is 0 Å². The van der Waals surface area contributed by atoms with Crippen LogP contribution in [0.25, 0.3) is 109 Å². The first-order valence-electron chi connectivity index (χ1n) is 18.2. The molecule has 13 rings (SSSR count). The average Bonchev–Trinajstić information content (AvgIpc) is 3.90. The van der Waals surface area contributed by atoms with E-state index in [4.69, 9.17) is 0 Å². The summed E-state index contributed by atoms with van der Waals surface area (Å²) in [6.07, 6.45) is 5.82. The zero-order chi connectivity index (χ0) is 33.1. The van der Waals surface area contributed by atoms with Gasteiger partial charge in [0.2, 0.25) is 0 Å². The second-order valence-electron chi connectivity index (χ2n) is 14.8. The van der Waals surface area contributed by atoms with Gasteiger partial charge in [-0.05, 0) is 75.0 Å². The van der Waals surface area contributed by atoms with Crippen LogP contribution in [0.3, 0.4) is 0 Å². The second kappa shape index (κ2) is 9.04. The number of hydrogen-bond acceptors (Lipinski definition) is 0. The predicted molar refractivity (Wildman–Crippen MR) is 218 cm³/mol. The third kappa shape index (κ3) is 3.04. The number of benzene rings is 8. The van der Waals surface area contributed by atoms with Crippen LogP contribution in [0.2, 0.25) is 0 Å². The van der Waals surface area contributed by atoms with Crippen molar-refractivity contribution in [2.24, 2.45) is 5.92 Å². The first kappa shape index (κ1) is 26.5. The largest absolute Gasteiger partial charge is 0.308 e. The van der Waals surface area contributed by atoms with E-state index >= 15 is 0 Å². The fourth-order valence-corrected chi connectivity index (χ4v) is 10.4. The maximum atomic E-state index is 2.62. The molecule has 1 unspecified atom stereocenters. The number of allylic oxidation sites excluding steroid dienone is 4. The van der Waals surface area contributed by atoms with Crippen molar-refractivity contribution >= 4 is 103 Å². The highest BCUT2D eigenvalue weighted by atomic mass is 15.0. The summed E-state index contributed by atoms with van der Waals surface area (Å²) in [4.78, 5) is 0. The summed E-state index contributed by atoms with van der Waals surface area (Å²) in [5.41, 5.74) is 13.4. The molecule has 0 N–H and O–H groups in total. The third-order valence-electron chi connectivity index (χ3n) is 12.3. The molecule has 0 spiro atoms. The molecule has 1 atom stereocenters. The minimum atomic E-state index is 0.508. The molecular formula is C49H30N2. The zero-order valence-electron chi connectivity index (χ0n) is 28.0. The molecule has 3 aromatic heterocycles. The standard InChI is InChI=1S/C49H30N2/c1-27-11-8-17-31-32-18-9-20-36-41(24-23-37(43(27)31)44(32)36)50-42-26-29-13-3-2-12-28(29)25-39(42)46-45-38-21-10-19-33-30-14-6-7-22-40(30)51(47(33)38)49(45)35-16-5-4-15-34(35)48(46)50/h2-10,12-27H,11H2,1H3. The monoisotopic (exact) mass is 646 g/mol. The Hall–Kier alpha value is -6.38. The Morgan fingerprint density at radius 2 is 1.16 bits per heavy atom. The Bertz CT molecular complexity index is 3450. The van der Waals surface area contributed by atoms with Crippen molar-refractivity contribution in [3.05, 3.63) is 157 Å². The molecule has 2 nitrogen and oxygen atoms in total. The van der Waals surface area contributed by atoms with Crippen molar-refractivity contribution in [2.45, 2.75) is 13.3 Å². The minimum Gasteiger partial charge on any atom is -0.308 e. The van der Waals surface area contributed by atoms with E-state index in [9.17, 15) is 0 Å². The predicted octanol–water partition coefficient (Wildman–Crippen LogP) is 13.2. The lowest BCUT2D eigenvalue weighted by atomic mass is 9.86. The van der Waals surface area contributed by atoms with Crippen molar-refractivity contribution in [3.63, 3.8) is 0 Å². The number of nitrogens with zero attached hydrogens (tertiary/aromatic N) is 2. The highest BCUT2D eigenvalue weighted by Crippen LogP contribution is 2.52. The van der Waals surface area contributed by atoms with E-state index in [1.54, 1.807) is 0 Å². The number of aromatic nitrogens is 2. The number of rotatable bonds is 1. The van der Waals surface area contributed by atoms with Crippen molar-refractivity contribution in [3.8, 4) is 5.69 Å². The fraction of sp³-hybridized carbons (Fsp3) is 0.0612. The highest BCUT2D eigenvalue weighted by Gasteiger charge is 2.30. The molecule has 236 valence electrons. The van der Waals surface area contributed by atoms with E-state index < -0.39 is 0 Å². The van der Waals surface area contributed by atoms with Crippen molar-refractivity contribution in [1.82, 2.24) is 8.97 Å².